The van der Waals surface area contributed by atoms with E-state index in [2.05, 4.69) is 46.9 Å². The van der Waals surface area contributed by atoms with E-state index >= 15 is 0 Å². The van der Waals surface area contributed by atoms with Gasteiger partial charge in [0.15, 0.2) is 5.78 Å². The van der Waals surface area contributed by atoms with Crippen LogP contribution >= 0.6 is 0 Å². The fourth-order valence-corrected chi connectivity index (χ4v) is 11.7. The van der Waals surface area contributed by atoms with Gasteiger partial charge in [0.25, 0.3) is 5.69 Å². The molecule has 1 aromatic rings. The predicted molar refractivity (Wildman–Crippen MR) is 177 cm³/mol. The number of nitro groups is 1. The molecule has 6 rings (SSSR count). The van der Waals surface area contributed by atoms with Crippen molar-refractivity contribution in [2.75, 3.05) is 5.32 Å². The fraction of sp³-hybridized carbons (Fsp3) is 0.711. The van der Waals surface area contributed by atoms with Crippen LogP contribution in [0.1, 0.15) is 113 Å². The number of hydrogen-bond donors (Lipinski definition) is 1. The molecule has 0 aliphatic heterocycles. The molecule has 250 valence electrons. The molecule has 0 heterocycles. The van der Waals surface area contributed by atoms with Crippen molar-refractivity contribution in [3.05, 3.63) is 46.0 Å². The van der Waals surface area contributed by atoms with Crippen LogP contribution in [0.2, 0.25) is 0 Å². The van der Waals surface area contributed by atoms with Crippen LogP contribution in [0.25, 0.3) is 0 Å². The van der Waals surface area contributed by atoms with E-state index in [0.717, 1.165) is 51.4 Å². The van der Waals surface area contributed by atoms with E-state index in [0.29, 0.717) is 12.1 Å². The number of carbonyl (C=O) groups excluding carboxylic acids is 3. The maximum atomic E-state index is 14.7. The van der Waals surface area contributed by atoms with Gasteiger partial charge < -0.3 is 10.1 Å². The number of hydrogen-bond acceptors (Lipinski definition) is 6. The third-order valence-corrected chi connectivity index (χ3v) is 14.7. The van der Waals surface area contributed by atoms with Crippen LogP contribution in [0.5, 0.6) is 0 Å². The quantitative estimate of drug-likeness (QED) is 0.202. The molecule has 8 nitrogen and oxygen atoms in total. The van der Waals surface area contributed by atoms with Gasteiger partial charge in [0.2, 0.25) is 5.91 Å². The van der Waals surface area contributed by atoms with Gasteiger partial charge in [-0.15, -0.1) is 0 Å². The summed E-state index contributed by atoms with van der Waals surface area (Å²) in [6.07, 6.45) is 9.95. The molecule has 0 unspecified atom stereocenters. The zero-order valence-corrected chi connectivity index (χ0v) is 29.0. The Hall–Kier alpha value is -3.03. The summed E-state index contributed by atoms with van der Waals surface area (Å²) in [4.78, 5) is 51.2. The Balaban J connectivity index is 1.32. The Kier molecular flexibility index (Phi) is 7.50. The first-order valence-electron chi connectivity index (χ1n) is 17.3. The number of nitrogens with one attached hydrogen (secondary N) is 1. The fourth-order valence-electron chi connectivity index (χ4n) is 11.7. The van der Waals surface area contributed by atoms with Crippen molar-refractivity contribution in [1.29, 1.82) is 0 Å². The lowest BCUT2D eigenvalue weighted by molar-refractivity contribution is -0.384. The van der Waals surface area contributed by atoms with Gasteiger partial charge in [-0.05, 0) is 109 Å². The summed E-state index contributed by atoms with van der Waals surface area (Å²) < 4.78 is 5.86. The number of nitro benzene ring substituents is 1. The van der Waals surface area contributed by atoms with Crippen LogP contribution in [-0.4, -0.2) is 28.7 Å². The average molecular weight is 633 g/mol. The topological polar surface area (TPSA) is 116 Å². The van der Waals surface area contributed by atoms with Crippen molar-refractivity contribution in [3.8, 4) is 0 Å². The van der Waals surface area contributed by atoms with E-state index in [1.807, 2.05) is 13.0 Å². The highest BCUT2D eigenvalue weighted by Crippen LogP contribution is 2.75. The SMILES string of the molecule is CC(=O)O[C@@H]1CC[C@]2(C)[C@H](CC[C@]3(C)[C@@H]2C(=O)C=C2[C@@H]4C[C@](C)(C(=O)Nc5ccc([N+](=O)[O-])cc5)CC[C@]4(C)CC[C@@]23C)C1(C)C. The molecule has 4 fully saturated rings. The van der Waals surface area contributed by atoms with Crippen molar-refractivity contribution in [2.45, 2.75) is 119 Å². The van der Waals surface area contributed by atoms with Crippen molar-refractivity contribution < 1.29 is 24.0 Å². The Bertz CT molecular complexity index is 1520. The predicted octanol–water partition coefficient (Wildman–Crippen LogP) is 8.45. The third kappa shape index (κ3) is 4.62. The van der Waals surface area contributed by atoms with Gasteiger partial charge in [-0.25, -0.2) is 0 Å². The summed E-state index contributed by atoms with van der Waals surface area (Å²) in [6, 6.07) is 6.00. The monoisotopic (exact) mass is 632 g/mol. The van der Waals surface area contributed by atoms with E-state index in [1.165, 1.54) is 24.6 Å². The number of esters is 1. The van der Waals surface area contributed by atoms with Crippen molar-refractivity contribution >= 4 is 29.0 Å². The van der Waals surface area contributed by atoms with E-state index in [1.54, 1.807) is 12.1 Å². The Labute approximate surface area is 273 Å². The summed E-state index contributed by atoms with van der Waals surface area (Å²) in [7, 11) is 0. The van der Waals surface area contributed by atoms with E-state index in [4.69, 9.17) is 4.74 Å². The lowest BCUT2D eigenvalue weighted by Crippen LogP contribution is -2.66. The highest BCUT2D eigenvalue weighted by atomic mass is 16.6. The third-order valence-electron chi connectivity index (χ3n) is 14.7. The minimum atomic E-state index is -0.630. The van der Waals surface area contributed by atoms with E-state index < -0.39 is 10.3 Å². The molecule has 1 amide bonds. The van der Waals surface area contributed by atoms with E-state index in [-0.39, 0.29) is 74.3 Å². The maximum absolute atomic E-state index is 14.7. The Morgan fingerprint density at radius 1 is 0.913 bits per heavy atom. The number of nitrogens with zero attached hydrogens (tertiary/aromatic N) is 1. The molecule has 46 heavy (non-hydrogen) atoms. The zero-order chi connectivity index (χ0) is 33.7. The van der Waals surface area contributed by atoms with Crippen LogP contribution in [0.4, 0.5) is 11.4 Å². The number of ketones is 1. The molecule has 0 spiro atoms. The van der Waals surface area contributed by atoms with Gasteiger partial charge in [0, 0.05) is 41.5 Å². The summed E-state index contributed by atoms with van der Waals surface area (Å²) in [5.41, 5.74) is 0.408. The van der Waals surface area contributed by atoms with Crippen molar-refractivity contribution in [3.63, 3.8) is 0 Å². The lowest BCUT2D eigenvalue weighted by Gasteiger charge is -2.70. The van der Waals surface area contributed by atoms with Crippen LogP contribution in [0.3, 0.4) is 0 Å². The number of anilines is 1. The first-order valence-corrected chi connectivity index (χ1v) is 17.3. The summed E-state index contributed by atoms with van der Waals surface area (Å²) in [5.74, 6) is 0.236. The standard InChI is InChI=1S/C38H52N2O6/c1-23(41)46-30-14-15-36(6)29(33(30,2)3)13-16-38(8)31(36)28(42)21-26-27-22-35(5,18-17-34(27,4)19-20-37(26,38)7)32(43)39-24-9-11-25(12-10-24)40(44)45/h9-12,21,27,29-31H,13-20,22H2,1-8H3,(H,39,43)/t27-,29+,30+,31+,34+,35+,36+,37-,38+/m0/s1. The molecule has 4 saturated carbocycles. The van der Waals surface area contributed by atoms with Crippen LogP contribution in [0, 0.1) is 60.4 Å². The molecule has 9 atom stereocenters. The second kappa shape index (κ2) is 10.5. The molecule has 1 N–H and O–H groups in total. The second-order valence-electron chi connectivity index (χ2n) is 17.5. The molecule has 0 aromatic heterocycles. The van der Waals surface area contributed by atoms with Gasteiger partial charge in [-0.2, -0.15) is 0 Å². The Morgan fingerprint density at radius 3 is 2.20 bits per heavy atom. The van der Waals surface area contributed by atoms with Gasteiger partial charge in [-0.1, -0.05) is 54.0 Å². The van der Waals surface area contributed by atoms with Crippen LogP contribution in [0.15, 0.2) is 35.9 Å². The average Bonchev–Trinajstić information content (AvgIpc) is 2.96. The molecule has 5 aliphatic carbocycles. The number of non-ortho nitro benzene ring substituents is 1. The number of ether oxygens (including phenoxy) is 1. The molecule has 1 aromatic carbocycles. The van der Waals surface area contributed by atoms with Crippen LogP contribution < -0.4 is 5.32 Å². The van der Waals surface area contributed by atoms with Crippen molar-refractivity contribution in [1.82, 2.24) is 0 Å². The number of amides is 1. The minimum absolute atomic E-state index is 0.0104. The molecular weight excluding hydrogens is 580 g/mol. The molecule has 0 radical (unpaired) electrons. The smallest absolute Gasteiger partial charge is 0.302 e. The number of fused-ring (bicyclic) bond motifs is 7. The lowest BCUT2D eigenvalue weighted by atomic mass is 9.33. The summed E-state index contributed by atoms with van der Waals surface area (Å²) in [5, 5.41) is 14.2. The summed E-state index contributed by atoms with van der Waals surface area (Å²) in [6.45, 7) is 17.5. The van der Waals surface area contributed by atoms with E-state index in [9.17, 15) is 24.5 Å². The van der Waals surface area contributed by atoms with Crippen molar-refractivity contribution in [2.24, 2.45) is 50.2 Å². The highest BCUT2D eigenvalue weighted by Gasteiger charge is 2.70. The zero-order valence-electron chi connectivity index (χ0n) is 29.0. The van der Waals surface area contributed by atoms with Gasteiger partial charge in [0.05, 0.1) is 4.92 Å². The van der Waals surface area contributed by atoms with Gasteiger partial charge >= 0.3 is 5.97 Å². The highest BCUT2D eigenvalue weighted by molar-refractivity contribution is 5.97. The molecule has 8 heteroatoms. The normalized spacial score (nSPS) is 42.7. The minimum Gasteiger partial charge on any atom is -0.462 e. The number of carbonyl (C=O) groups is 3. The van der Waals surface area contributed by atoms with Gasteiger partial charge in [0.1, 0.15) is 6.10 Å². The van der Waals surface area contributed by atoms with Crippen LogP contribution in [-0.2, 0) is 19.1 Å². The Morgan fingerprint density at radius 2 is 1.57 bits per heavy atom. The molecular formula is C38H52N2O6. The molecule has 0 saturated heterocycles. The first-order chi connectivity index (χ1) is 21.3. The molecule has 0 bridgehead atoms. The molecule has 5 aliphatic rings. The summed E-state index contributed by atoms with van der Waals surface area (Å²) >= 11 is 0. The first kappa shape index (κ1) is 32.9. The maximum Gasteiger partial charge on any atom is 0.302 e. The largest absolute Gasteiger partial charge is 0.462 e. The second-order valence-corrected chi connectivity index (χ2v) is 17.5. The van der Waals surface area contributed by atoms with Gasteiger partial charge in [-0.3, -0.25) is 24.5 Å². The number of benzene rings is 1. The number of allylic oxidation sites excluding steroid dienone is 2. The number of rotatable bonds is 4.